The molecule has 0 aromatic carbocycles. The van der Waals surface area contributed by atoms with Crippen molar-refractivity contribution in [2.45, 2.75) is 19.9 Å². The average Bonchev–Trinajstić information content (AvgIpc) is 2.19. The van der Waals surface area contributed by atoms with E-state index in [-0.39, 0.29) is 0 Å². The van der Waals surface area contributed by atoms with Gasteiger partial charge in [-0.2, -0.15) is 0 Å². The number of nitrogens with zero attached hydrogens (tertiary/aromatic N) is 1. The van der Waals surface area contributed by atoms with E-state index in [1.54, 1.807) is 6.20 Å². The van der Waals surface area contributed by atoms with Gasteiger partial charge in [-0.25, -0.2) is 4.98 Å². The van der Waals surface area contributed by atoms with Crippen molar-refractivity contribution in [3.05, 3.63) is 34.5 Å². The van der Waals surface area contributed by atoms with Crippen LogP contribution in [0.5, 0.6) is 5.88 Å². The van der Waals surface area contributed by atoms with Gasteiger partial charge in [-0.05, 0) is 28.9 Å². The van der Waals surface area contributed by atoms with Gasteiger partial charge >= 0.3 is 0 Å². The monoisotopic (exact) mass is 270 g/mol. The van der Waals surface area contributed by atoms with E-state index in [1.807, 2.05) is 13.0 Å². The van der Waals surface area contributed by atoms with Crippen molar-refractivity contribution in [3.63, 3.8) is 0 Å². The minimum absolute atomic E-state index is 0.425. The molecule has 1 aromatic heterocycles. The van der Waals surface area contributed by atoms with Gasteiger partial charge in [0.2, 0.25) is 5.88 Å². The summed E-state index contributed by atoms with van der Waals surface area (Å²) in [6.45, 7) is 6.80. The summed E-state index contributed by atoms with van der Waals surface area (Å²) >= 11 is 3.34. The summed E-state index contributed by atoms with van der Waals surface area (Å²) < 4.78 is 6.43. The molecule has 82 valence electrons. The summed E-state index contributed by atoms with van der Waals surface area (Å²) in [4.78, 5) is 4.17. The molecule has 0 aliphatic heterocycles. The summed E-state index contributed by atoms with van der Waals surface area (Å²) in [5.74, 6) is 0.613. The fraction of sp³-hybridized carbons (Fsp3) is 0.364. The van der Waals surface area contributed by atoms with E-state index in [9.17, 15) is 0 Å². The summed E-state index contributed by atoms with van der Waals surface area (Å²) in [6, 6.07) is 1.92. The minimum atomic E-state index is 0.425. The lowest BCUT2D eigenvalue weighted by Gasteiger charge is -2.09. The topological polar surface area (TPSA) is 48.1 Å². The van der Waals surface area contributed by atoms with Crippen molar-refractivity contribution >= 4 is 15.9 Å². The first-order valence-corrected chi connectivity index (χ1v) is 5.54. The maximum Gasteiger partial charge on any atom is 0.217 e. The number of pyridine rings is 1. The van der Waals surface area contributed by atoms with Gasteiger partial charge in [0.05, 0.1) is 6.61 Å². The summed E-state index contributed by atoms with van der Waals surface area (Å²) in [6.07, 6.45) is 2.54. The smallest absolute Gasteiger partial charge is 0.217 e. The molecule has 1 rings (SSSR count). The number of aromatic nitrogens is 1. The molecule has 0 amide bonds. The average molecular weight is 271 g/mol. The second-order valence-electron chi connectivity index (χ2n) is 3.38. The second-order valence-corrected chi connectivity index (χ2v) is 4.29. The van der Waals surface area contributed by atoms with Gasteiger partial charge in [-0.1, -0.05) is 5.57 Å². The molecular weight excluding hydrogens is 256 g/mol. The SMILES string of the molecule is C=C(C)CCOc1ncc(Br)cc1CN. The van der Waals surface area contributed by atoms with Crippen molar-refractivity contribution in [1.82, 2.24) is 4.98 Å². The molecule has 0 radical (unpaired) electrons. The van der Waals surface area contributed by atoms with Crippen LogP contribution in [0.15, 0.2) is 28.9 Å². The van der Waals surface area contributed by atoms with Gasteiger partial charge in [0, 0.05) is 29.2 Å². The summed E-state index contributed by atoms with van der Waals surface area (Å²) in [5, 5.41) is 0. The molecule has 0 aliphatic carbocycles. The predicted octanol–water partition coefficient (Wildman–Crippen LogP) is 2.65. The number of hydrogen-bond donors (Lipinski definition) is 1. The quantitative estimate of drug-likeness (QED) is 0.837. The van der Waals surface area contributed by atoms with Gasteiger partial charge in [0.25, 0.3) is 0 Å². The molecule has 0 saturated heterocycles. The van der Waals surface area contributed by atoms with E-state index in [0.717, 1.165) is 22.0 Å². The molecule has 15 heavy (non-hydrogen) atoms. The highest BCUT2D eigenvalue weighted by molar-refractivity contribution is 9.10. The molecule has 3 nitrogen and oxygen atoms in total. The molecule has 0 saturated carbocycles. The Balaban J connectivity index is 2.63. The molecule has 0 fully saturated rings. The van der Waals surface area contributed by atoms with E-state index in [0.29, 0.717) is 19.0 Å². The molecule has 0 bridgehead atoms. The molecular formula is C11H15BrN2O. The Morgan fingerprint density at radius 1 is 1.67 bits per heavy atom. The third-order valence-corrected chi connectivity index (χ3v) is 2.31. The summed E-state index contributed by atoms with van der Waals surface area (Å²) in [5.41, 5.74) is 7.60. The van der Waals surface area contributed by atoms with Crippen molar-refractivity contribution in [1.29, 1.82) is 0 Å². The van der Waals surface area contributed by atoms with Crippen LogP contribution in [0.1, 0.15) is 18.9 Å². The minimum Gasteiger partial charge on any atom is -0.477 e. The molecule has 0 spiro atoms. The fourth-order valence-corrected chi connectivity index (χ4v) is 1.45. The Hall–Kier alpha value is -0.870. The highest BCUT2D eigenvalue weighted by Gasteiger charge is 2.04. The van der Waals surface area contributed by atoms with Crippen LogP contribution in [0, 0.1) is 0 Å². The van der Waals surface area contributed by atoms with Gasteiger partial charge in [0.1, 0.15) is 0 Å². The molecule has 0 atom stereocenters. The van der Waals surface area contributed by atoms with Crippen LogP contribution in [0.2, 0.25) is 0 Å². The zero-order chi connectivity index (χ0) is 11.3. The van der Waals surface area contributed by atoms with E-state index in [1.165, 1.54) is 0 Å². The van der Waals surface area contributed by atoms with Crippen LogP contribution in [0.4, 0.5) is 0 Å². The normalized spacial score (nSPS) is 10.1. The maximum absolute atomic E-state index is 5.59. The Morgan fingerprint density at radius 2 is 2.40 bits per heavy atom. The van der Waals surface area contributed by atoms with Crippen molar-refractivity contribution < 1.29 is 4.74 Å². The van der Waals surface area contributed by atoms with Crippen LogP contribution in [-0.4, -0.2) is 11.6 Å². The number of rotatable bonds is 5. The van der Waals surface area contributed by atoms with Crippen molar-refractivity contribution in [3.8, 4) is 5.88 Å². The standard InChI is InChI=1S/C11H15BrN2O/c1-8(2)3-4-15-11-9(6-13)5-10(12)7-14-11/h5,7H,1,3-4,6,13H2,2H3. The lowest BCUT2D eigenvalue weighted by Crippen LogP contribution is -2.05. The van der Waals surface area contributed by atoms with Gasteiger partial charge < -0.3 is 10.5 Å². The van der Waals surface area contributed by atoms with Crippen molar-refractivity contribution in [2.24, 2.45) is 5.73 Å². The highest BCUT2D eigenvalue weighted by Crippen LogP contribution is 2.19. The number of nitrogens with two attached hydrogens (primary N) is 1. The molecule has 0 aliphatic rings. The predicted molar refractivity (Wildman–Crippen MR) is 64.8 cm³/mol. The van der Waals surface area contributed by atoms with Gasteiger partial charge in [-0.15, -0.1) is 6.58 Å². The van der Waals surface area contributed by atoms with Crippen LogP contribution in [0.25, 0.3) is 0 Å². The van der Waals surface area contributed by atoms with Gasteiger partial charge in [0.15, 0.2) is 0 Å². The molecule has 4 heteroatoms. The van der Waals surface area contributed by atoms with E-state index in [4.69, 9.17) is 10.5 Å². The van der Waals surface area contributed by atoms with Gasteiger partial charge in [-0.3, -0.25) is 0 Å². The molecule has 1 aromatic rings. The maximum atomic E-state index is 5.59. The fourth-order valence-electron chi connectivity index (χ4n) is 1.07. The zero-order valence-corrected chi connectivity index (χ0v) is 10.4. The third-order valence-electron chi connectivity index (χ3n) is 1.88. The van der Waals surface area contributed by atoms with Crippen molar-refractivity contribution in [2.75, 3.05) is 6.61 Å². The highest BCUT2D eigenvalue weighted by atomic mass is 79.9. The summed E-state index contributed by atoms with van der Waals surface area (Å²) in [7, 11) is 0. The first-order valence-electron chi connectivity index (χ1n) is 4.75. The second kappa shape index (κ2) is 5.88. The number of hydrogen-bond acceptors (Lipinski definition) is 3. The Bertz CT molecular complexity index is 352. The Kier molecular flexibility index (Phi) is 4.78. The Labute approximate surface area is 98.5 Å². The third kappa shape index (κ3) is 4.01. The van der Waals surface area contributed by atoms with E-state index in [2.05, 4.69) is 27.5 Å². The Morgan fingerprint density at radius 3 is 3.00 bits per heavy atom. The molecule has 2 N–H and O–H groups in total. The lowest BCUT2D eigenvalue weighted by molar-refractivity contribution is 0.306. The van der Waals surface area contributed by atoms with Crippen LogP contribution >= 0.6 is 15.9 Å². The number of halogens is 1. The molecule has 1 heterocycles. The van der Waals surface area contributed by atoms with Crippen LogP contribution in [-0.2, 0) is 6.54 Å². The lowest BCUT2D eigenvalue weighted by atomic mass is 10.2. The largest absolute Gasteiger partial charge is 0.477 e. The first-order chi connectivity index (χ1) is 7.13. The first kappa shape index (κ1) is 12.2. The van der Waals surface area contributed by atoms with Crippen LogP contribution < -0.4 is 10.5 Å². The van der Waals surface area contributed by atoms with Crippen LogP contribution in [0.3, 0.4) is 0 Å². The van der Waals surface area contributed by atoms with E-state index < -0.39 is 0 Å². The zero-order valence-electron chi connectivity index (χ0n) is 8.79. The number of ether oxygens (including phenoxy) is 1. The van der Waals surface area contributed by atoms with E-state index >= 15 is 0 Å². The molecule has 0 unspecified atom stereocenters.